The maximum Gasteiger partial charge on any atom is 0.273 e. The third kappa shape index (κ3) is 4.38. The first-order chi connectivity index (χ1) is 13.6. The molecule has 1 aliphatic heterocycles. The molecule has 2 aliphatic rings. The molecule has 2 fully saturated rings. The van der Waals surface area contributed by atoms with E-state index in [1.54, 1.807) is 10.9 Å². The zero-order valence-electron chi connectivity index (χ0n) is 15.8. The van der Waals surface area contributed by atoms with Crippen LogP contribution in [0.2, 0.25) is 0 Å². The van der Waals surface area contributed by atoms with Crippen molar-refractivity contribution in [1.82, 2.24) is 25.2 Å². The SMILES string of the molecule is O=C(NC1CCCC1)c1cn(C2CCCN(Cc3ccc(F)cc3F)C2)nn1. The molecule has 0 bridgehead atoms. The quantitative estimate of drug-likeness (QED) is 0.854. The second-order valence-corrected chi connectivity index (χ2v) is 7.81. The summed E-state index contributed by atoms with van der Waals surface area (Å²) in [5, 5.41) is 11.2. The first-order valence-corrected chi connectivity index (χ1v) is 9.97. The average molecular weight is 389 g/mol. The number of benzene rings is 1. The summed E-state index contributed by atoms with van der Waals surface area (Å²) in [6.07, 6.45) is 7.94. The summed E-state index contributed by atoms with van der Waals surface area (Å²) in [5.41, 5.74) is 0.825. The number of carbonyl (C=O) groups is 1. The Labute approximate surface area is 162 Å². The van der Waals surface area contributed by atoms with Crippen LogP contribution in [-0.4, -0.2) is 44.9 Å². The molecular weight excluding hydrogens is 364 g/mol. The van der Waals surface area contributed by atoms with Crippen molar-refractivity contribution >= 4 is 5.91 Å². The predicted molar refractivity (Wildman–Crippen MR) is 99.7 cm³/mol. The molecule has 2 aromatic rings. The van der Waals surface area contributed by atoms with Gasteiger partial charge >= 0.3 is 0 Å². The van der Waals surface area contributed by atoms with Gasteiger partial charge in [0.2, 0.25) is 0 Å². The summed E-state index contributed by atoms with van der Waals surface area (Å²) in [5.74, 6) is -1.25. The Morgan fingerprint density at radius 2 is 2.00 bits per heavy atom. The van der Waals surface area contributed by atoms with E-state index >= 15 is 0 Å². The van der Waals surface area contributed by atoms with Gasteiger partial charge in [0, 0.05) is 30.8 Å². The molecule has 6 nitrogen and oxygen atoms in total. The van der Waals surface area contributed by atoms with Crippen molar-refractivity contribution < 1.29 is 13.6 Å². The fourth-order valence-corrected chi connectivity index (χ4v) is 4.17. The minimum Gasteiger partial charge on any atom is -0.348 e. The van der Waals surface area contributed by atoms with Crippen LogP contribution in [0.1, 0.15) is 60.6 Å². The van der Waals surface area contributed by atoms with Gasteiger partial charge in [0.15, 0.2) is 5.69 Å². The highest BCUT2D eigenvalue weighted by molar-refractivity contribution is 5.92. The summed E-state index contributed by atoms with van der Waals surface area (Å²) >= 11 is 0. The summed E-state index contributed by atoms with van der Waals surface area (Å²) in [4.78, 5) is 14.5. The number of carbonyl (C=O) groups excluding carboxylic acids is 1. The van der Waals surface area contributed by atoms with Gasteiger partial charge in [-0.2, -0.15) is 0 Å². The smallest absolute Gasteiger partial charge is 0.273 e. The molecule has 1 atom stereocenters. The maximum absolute atomic E-state index is 13.9. The maximum atomic E-state index is 13.9. The Bertz CT molecular complexity index is 834. The molecule has 0 spiro atoms. The summed E-state index contributed by atoms with van der Waals surface area (Å²) < 4.78 is 28.8. The highest BCUT2D eigenvalue weighted by Gasteiger charge is 2.25. The molecule has 1 aromatic heterocycles. The number of hydrogen-bond acceptors (Lipinski definition) is 4. The van der Waals surface area contributed by atoms with Crippen molar-refractivity contribution in [2.45, 2.75) is 57.2 Å². The van der Waals surface area contributed by atoms with Crippen LogP contribution in [0.3, 0.4) is 0 Å². The van der Waals surface area contributed by atoms with Gasteiger partial charge in [0.1, 0.15) is 11.6 Å². The van der Waals surface area contributed by atoms with E-state index in [-0.39, 0.29) is 18.0 Å². The van der Waals surface area contributed by atoms with Gasteiger partial charge in [-0.25, -0.2) is 13.5 Å². The minimum absolute atomic E-state index is 0.0813. The fraction of sp³-hybridized carbons (Fsp3) is 0.550. The summed E-state index contributed by atoms with van der Waals surface area (Å²) in [6, 6.07) is 4.02. The van der Waals surface area contributed by atoms with Gasteiger partial charge in [-0.1, -0.05) is 24.1 Å². The van der Waals surface area contributed by atoms with Gasteiger partial charge in [0.05, 0.1) is 12.2 Å². The Morgan fingerprint density at radius 3 is 2.79 bits per heavy atom. The highest BCUT2D eigenvalue weighted by Crippen LogP contribution is 2.23. The minimum atomic E-state index is -0.566. The molecule has 8 heteroatoms. The van der Waals surface area contributed by atoms with Gasteiger partial charge < -0.3 is 5.32 Å². The lowest BCUT2D eigenvalue weighted by Crippen LogP contribution is -2.36. The number of nitrogens with one attached hydrogen (secondary N) is 1. The Morgan fingerprint density at radius 1 is 1.18 bits per heavy atom. The second kappa shape index (κ2) is 8.34. The van der Waals surface area contributed by atoms with E-state index in [1.807, 2.05) is 0 Å². The van der Waals surface area contributed by atoms with Crippen LogP contribution in [0.4, 0.5) is 8.78 Å². The zero-order valence-corrected chi connectivity index (χ0v) is 15.8. The number of halogens is 2. The lowest BCUT2D eigenvalue weighted by molar-refractivity contribution is 0.0932. The van der Waals surface area contributed by atoms with Crippen molar-refractivity contribution in [2.24, 2.45) is 0 Å². The van der Waals surface area contributed by atoms with Gasteiger partial charge in [-0.15, -0.1) is 5.10 Å². The molecule has 1 aliphatic carbocycles. The third-order valence-corrected chi connectivity index (χ3v) is 5.70. The van der Waals surface area contributed by atoms with Crippen molar-refractivity contribution in [3.63, 3.8) is 0 Å². The van der Waals surface area contributed by atoms with Crippen molar-refractivity contribution in [2.75, 3.05) is 13.1 Å². The molecule has 0 radical (unpaired) electrons. The number of nitrogens with zero attached hydrogens (tertiary/aromatic N) is 4. The van der Waals surface area contributed by atoms with Crippen LogP contribution in [-0.2, 0) is 6.54 Å². The monoisotopic (exact) mass is 389 g/mol. The number of amides is 1. The van der Waals surface area contributed by atoms with Crippen LogP contribution in [0, 0.1) is 11.6 Å². The zero-order chi connectivity index (χ0) is 19.5. The molecule has 1 amide bonds. The van der Waals surface area contributed by atoms with Crippen LogP contribution < -0.4 is 5.32 Å². The predicted octanol–water partition coefficient (Wildman–Crippen LogP) is 3.07. The summed E-state index contributed by atoms with van der Waals surface area (Å²) in [7, 11) is 0. The molecule has 28 heavy (non-hydrogen) atoms. The van der Waals surface area contributed by atoms with Gasteiger partial charge in [-0.3, -0.25) is 9.69 Å². The second-order valence-electron chi connectivity index (χ2n) is 7.81. The topological polar surface area (TPSA) is 63.1 Å². The van der Waals surface area contributed by atoms with Gasteiger partial charge in [0.25, 0.3) is 5.91 Å². The fourth-order valence-electron chi connectivity index (χ4n) is 4.17. The standard InChI is InChI=1S/C20H25F2N5O/c21-15-8-7-14(18(22)10-15)11-26-9-3-6-17(12-26)27-13-19(24-25-27)20(28)23-16-4-1-2-5-16/h7-8,10,13,16-17H,1-6,9,11-12H2,(H,23,28). The van der Waals surface area contributed by atoms with E-state index < -0.39 is 11.6 Å². The number of rotatable bonds is 5. The van der Waals surface area contributed by atoms with Gasteiger partial charge in [-0.05, 0) is 38.3 Å². The lowest BCUT2D eigenvalue weighted by atomic mass is 10.0. The molecule has 1 aromatic carbocycles. The van der Waals surface area contributed by atoms with E-state index in [1.165, 1.54) is 12.1 Å². The molecule has 1 unspecified atom stereocenters. The average Bonchev–Trinajstić information content (AvgIpc) is 3.36. The van der Waals surface area contributed by atoms with E-state index in [0.717, 1.165) is 51.1 Å². The van der Waals surface area contributed by atoms with Crippen molar-refractivity contribution in [3.8, 4) is 0 Å². The van der Waals surface area contributed by atoms with Crippen LogP contribution in [0.25, 0.3) is 0 Å². The Balaban J connectivity index is 1.37. The first kappa shape index (κ1) is 19.0. The molecule has 4 rings (SSSR count). The number of hydrogen-bond donors (Lipinski definition) is 1. The molecular formula is C20H25F2N5O. The van der Waals surface area contributed by atoms with E-state index in [4.69, 9.17) is 0 Å². The first-order valence-electron chi connectivity index (χ1n) is 9.97. The number of aromatic nitrogens is 3. The normalized spacial score (nSPS) is 21.1. The number of likely N-dealkylation sites (tertiary alicyclic amines) is 1. The van der Waals surface area contributed by atoms with Crippen molar-refractivity contribution in [1.29, 1.82) is 0 Å². The Hall–Kier alpha value is -2.35. The van der Waals surface area contributed by atoms with E-state index in [2.05, 4.69) is 20.5 Å². The van der Waals surface area contributed by atoms with Crippen molar-refractivity contribution in [3.05, 3.63) is 47.3 Å². The molecule has 2 heterocycles. The van der Waals surface area contributed by atoms with E-state index in [9.17, 15) is 13.6 Å². The molecule has 150 valence electrons. The largest absolute Gasteiger partial charge is 0.348 e. The lowest BCUT2D eigenvalue weighted by Gasteiger charge is -2.32. The van der Waals surface area contributed by atoms with Crippen LogP contribution in [0.5, 0.6) is 0 Å². The number of piperidine rings is 1. The van der Waals surface area contributed by atoms with Crippen LogP contribution >= 0.6 is 0 Å². The molecule has 1 saturated heterocycles. The highest BCUT2D eigenvalue weighted by atomic mass is 19.1. The summed E-state index contributed by atoms with van der Waals surface area (Å²) in [6.45, 7) is 1.95. The van der Waals surface area contributed by atoms with E-state index in [0.29, 0.717) is 24.3 Å². The Kier molecular flexibility index (Phi) is 5.66. The van der Waals surface area contributed by atoms with Crippen LogP contribution in [0.15, 0.2) is 24.4 Å². The third-order valence-electron chi connectivity index (χ3n) is 5.70. The molecule has 1 N–H and O–H groups in total. The molecule has 1 saturated carbocycles.